The number of furan rings is 1. The monoisotopic (exact) mass is 332 g/mol. The lowest BCUT2D eigenvalue weighted by Gasteiger charge is -2.09. The Morgan fingerprint density at radius 1 is 1.48 bits per heavy atom. The number of esters is 1. The van der Waals surface area contributed by atoms with Crippen LogP contribution >= 0.6 is 11.3 Å². The van der Waals surface area contributed by atoms with Crippen LogP contribution in [0.15, 0.2) is 33.0 Å². The molecular weight excluding hydrogens is 316 g/mol. The summed E-state index contributed by atoms with van der Waals surface area (Å²) in [5.74, 6) is 1.01. The number of thiophene rings is 1. The highest BCUT2D eigenvalue weighted by molar-refractivity contribution is 7.17. The van der Waals surface area contributed by atoms with Crippen molar-refractivity contribution in [3.8, 4) is 11.3 Å². The van der Waals surface area contributed by atoms with Crippen molar-refractivity contribution in [3.05, 3.63) is 40.0 Å². The second-order valence-corrected chi connectivity index (χ2v) is 5.96. The van der Waals surface area contributed by atoms with E-state index in [1.54, 1.807) is 23.8 Å². The van der Waals surface area contributed by atoms with Crippen LogP contribution in [0.2, 0.25) is 0 Å². The number of ether oxygens (including phenoxy) is 1. The Balaban J connectivity index is 2.00. The summed E-state index contributed by atoms with van der Waals surface area (Å²) in [6, 6.07) is 3.61. The van der Waals surface area contributed by atoms with E-state index in [-0.39, 0.29) is 17.9 Å². The first kappa shape index (κ1) is 15.5. The zero-order valence-electron chi connectivity index (χ0n) is 12.9. The topological polar surface area (TPSA) is 74.3 Å². The van der Waals surface area contributed by atoms with Crippen molar-refractivity contribution in [2.24, 2.45) is 0 Å². The SMILES string of the molecule is COC(=O)CCCn1c(C)nc2scc(-c3ccco3)c2c1=O. The van der Waals surface area contributed by atoms with Gasteiger partial charge in [0, 0.05) is 23.9 Å². The molecule has 0 radical (unpaired) electrons. The second-order valence-electron chi connectivity index (χ2n) is 5.10. The quantitative estimate of drug-likeness (QED) is 0.672. The maximum absolute atomic E-state index is 12.8. The molecule has 120 valence electrons. The van der Waals surface area contributed by atoms with Crippen molar-refractivity contribution in [1.29, 1.82) is 0 Å². The Labute approximate surface area is 136 Å². The number of carbonyl (C=O) groups excluding carboxylic acids is 1. The van der Waals surface area contributed by atoms with E-state index >= 15 is 0 Å². The minimum absolute atomic E-state index is 0.106. The summed E-state index contributed by atoms with van der Waals surface area (Å²) in [7, 11) is 1.36. The van der Waals surface area contributed by atoms with Crippen LogP contribution < -0.4 is 5.56 Å². The van der Waals surface area contributed by atoms with Gasteiger partial charge in [0.15, 0.2) is 0 Å². The molecule has 0 aromatic carbocycles. The number of carbonyl (C=O) groups is 1. The highest BCUT2D eigenvalue weighted by atomic mass is 32.1. The molecule has 0 spiro atoms. The number of methoxy groups -OCH3 is 1. The standard InChI is InChI=1S/C16H16N2O4S/c1-10-17-15-14(11(9-23-15)12-5-4-8-22-12)16(20)18(10)7-3-6-13(19)21-2/h4-5,8-9H,3,6-7H2,1-2H3. The summed E-state index contributed by atoms with van der Waals surface area (Å²) >= 11 is 1.42. The highest BCUT2D eigenvalue weighted by Gasteiger charge is 2.16. The van der Waals surface area contributed by atoms with Gasteiger partial charge in [0.05, 0.1) is 18.8 Å². The number of fused-ring (bicyclic) bond motifs is 1. The van der Waals surface area contributed by atoms with Crippen LogP contribution in [0.5, 0.6) is 0 Å². The summed E-state index contributed by atoms with van der Waals surface area (Å²) < 4.78 is 11.6. The minimum Gasteiger partial charge on any atom is -0.469 e. The lowest BCUT2D eigenvalue weighted by molar-refractivity contribution is -0.140. The zero-order valence-corrected chi connectivity index (χ0v) is 13.7. The molecule has 6 nitrogen and oxygen atoms in total. The fourth-order valence-electron chi connectivity index (χ4n) is 2.49. The van der Waals surface area contributed by atoms with E-state index in [1.165, 1.54) is 18.4 Å². The number of rotatable bonds is 5. The van der Waals surface area contributed by atoms with Gasteiger partial charge in [0.1, 0.15) is 16.4 Å². The number of hydrogen-bond donors (Lipinski definition) is 0. The van der Waals surface area contributed by atoms with Crippen LogP contribution in [0.25, 0.3) is 21.5 Å². The first-order chi connectivity index (χ1) is 11.1. The van der Waals surface area contributed by atoms with Crippen LogP contribution in [0, 0.1) is 6.92 Å². The van der Waals surface area contributed by atoms with Crippen molar-refractivity contribution in [2.45, 2.75) is 26.3 Å². The van der Waals surface area contributed by atoms with Crippen LogP contribution in [0.3, 0.4) is 0 Å². The predicted molar refractivity (Wildman–Crippen MR) is 87.6 cm³/mol. The summed E-state index contributed by atoms with van der Waals surface area (Å²) in [6.07, 6.45) is 2.38. The van der Waals surface area contributed by atoms with Gasteiger partial charge in [0.2, 0.25) is 0 Å². The molecule has 3 aromatic rings. The average Bonchev–Trinajstić information content (AvgIpc) is 3.18. The number of nitrogens with zero attached hydrogens (tertiary/aromatic N) is 2. The third-order valence-corrected chi connectivity index (χ3v) is 4.53. The van der Waals surface area contributed by atoms with Gasteiger partial charge in [0.25, 0.3) is 5.56 Å². The first-order valence-corrected chi connectivity index (χ1v) is 8.09. The Kier molecular flexibility index (Phi) is 4.29. The molecule has 7 heteroatoms. The van der Waals surface area contributed by atoms with Gasteiger partial charge in [-0.2, -0.15) is 0 Å². The first-order valence-electron chi connectivity index (χ1n) is 7.21. The fraction of sp³-hybridized carbons (Fsp3) is 0.312. The van der Waals surface area contributed by atoms with E-state index in [4.69, 9.17) is 4.42 Å². The highest BCUT2D eigenvalue weighted by Crippen LogP contribution is 2.31. The van der Waals surface area contributed by atoms with Gasteiger partial charge in [-0.15, -0.1) is 11.3 Å². The van der Waals surface area contributed by atoms with E-state index in [1.807, 2.05) is 11.4 Å². The van der Waals surface area contributed by atoms with Crippen LogP contribution in [-0.2, 0) is 16.1 Å². The minimum atomic E-state index is -0.281. The van der Waals surface area contributed by atoms with E-state index in [0.717, 1.165) is 5.56 Å². The van der Waals surface area contributed by atoms with Gasteiger partial charge in [-0.25, -0.2) is 4.98 Å². The Morgan fingerprint density at radius 2 is 2.30 bits per heavy atom. The Morgan fingerprint density at radius 3 is 3.00 bits per heavy atom. The number of aromatic nitrogens is 2. The summed E-state index contributed by atoms with van der Waals surface area (Å²) in [5, 5.41) is 2.45. The Bertz CT molecular complexity index is 893. The summed E-state index contributed by atoms with van der Waals surface area (Å²) in [4.78, 5) is 29.3. The van der Waals surface area contributed by atoms with Crippen molar-refractivity contribution in [2.75, 3.05) is 7.11 Å². The molecule has 0 bridgehead atoms. The molecule has 0 aliphatic heterocycles. The lowest BCUT2D eigenvalue weighted by Crippen LogP contribution is -2.24. The third kappa shape index (κ3) is 2.92. The molecule has 3 rings (SSSR count). The van der Waals surface area contributed by atoms with Crippen molar-refractivity contribution >= 4 is 27.5 Å². The van der Waals surface area contributed by atoms with Gasteiger partial charge in [-0.05, 0) is 25.5 Å². The van der Waals surface area contributed by atoms with Crippen molar-refractivity contribution in [1.82, 2.24) is 9.55 Å². The molecule has 23 heavy (non-hydrogen) atoms. The summed E-state index contributed by atoms with van der Waals surface area (Å²) in [6.45, 7) is 2.22. The van der Waals surface area contributed by atoms with E-state index in [0.29, 0.717) is 34.8 Å². The van der Waals surface area contributed by atoms with Gasteiger partial charge in [-0.1, -0.05) is 0 Å². The molecule has 0 saturated carbocycles. The molecule has 0 N–H and O–H groups in total. The molecule has 0 saturated heterocycles. The second kappa shape index (κ2) is 6.37. The molecule has 0 amide bonds. The lowest BCUT2D eigenvalue weighted by atomic mass is 10.2. The zero-order chi connectivity index (χ0) is 16.4. The maximum atomic E-state index is 12.8. The normalized spacial score (nSPS) is 11.0. The molecule has 3 heterocycles. The predicted octanol–water partition coefficient (Wildman–Crippen LogP) is 2.98. The van der Waals surface area contributed by atoms with Crippen LogP contribution in [-0.4, -0.2) is 22.6 Å². The van der Waals surface area contributed by atoms with Crippen molar-refractivity contribution < 1.29 is 13.9 Å². The fourth-order valence-corrected chi connectivity index (χ4v) is 3.45. The molecule has 0 fully saturated rings. The molecular formula is C16H16N2O4S. The smallest absolute Gasteiger partial charge is 0.305 e. The van der Waals surface area contributed by atoms with E-state index in [2.05, 4.69) is 9.72 Å². The largest absolute Gasteiger partial charge is 0.469 e. The molecule has 0 unspecified atom stereocenters. The molecule has 0 atom stereocenters. The molecule has 0 aliphatic rings. The van der Waals surface area contributed by atoms with Gasteiger partial charge < -0.3 is 9.15 Å². The van der Waals surface area contributed by atoms with Crippen LogP contribution in [0.4, 0.5) is 0 Å². The number of aryl methyl sites for hydroxylation is 1. The third-order valence-electron chi connectivity index (χ3n) is 3.66. The van der Waals surface area contributed by atoms with E-state index < -0.39 is 0 Å². The average molecular weight is 332 g/mol. The van der Waals surface area contributed by atoms with E-state index in [9.17, 15) is 9.59 Å². The van der Waals surface area contributed by atoms with Crippen LogP contribution in [0.1, 0.15) is 18.7 Å². The summed E-state index contributed by atoms with van der Waals surface area (Å²) in [5.41, 5.74) is 0.652. The van der Waals surface area contributed by atoms with Crippen molar-refractivity contribution in [3.63, 3.8) is 0 Å². The molecule has 3 aromatic heterocycles. The maximum Gasteiger partial charge on any atom is 0.305 e. The molecule has 0 aliphatic carbocycles. The van der Waals surface area contributed by atoms with Gasteiger partial charge in [-0.3, -0.25) is 14.2 Å². The van der Waals surface area contributed by atoms with Gasteiger partial charge >= 0.3 is 5.97 Å². The Hall–Kier alpha value is -2.41. The number of hydrogen-bond acceptors (Lipinski definition) is 6.